The molecule has 3 rings (SSSR count). The van der Waals surface area contributed by atoms with E-state index in [0.717, 1.165) is 18.8 Å². The smallest absolute Gasteiger partial charge is 0.0410 e. The van der Waals surface area contributed by atoms with Crippen LogP contribution in [0.3, 0.4) is 0 Å². The van der Waals surface area contributed by atoms with E-state index >= 15 is 0 Å². The molecule has 0 spiro atoms. The summed E-state index contributed by atoms with van der Waals surface area (Å²) in [5.74, 6) is 0.767. The third-order valence-electron chi connectivity index (χ3n) is 5.12. The first-order chi connectivity index (χ1) is 9.19. The first-order valence-corrected chi connectivity index (χ1v) is 8.57. The van der Waals surface area contributed by atoms with E-state index in [1.54, 1.807) is 0 Å². The van der Waals surface area contributed by atoms with E-state index in [2.05, 4.69) is 34.1 Å². The molecule has 2 heteroatoms. The summed E-state index contributed by atoms with van der Waals surface area (Å²) in [7, 11) is 0. The van der Waals surface area contributed by atoms with Gasteiger partial charge < -0.3 is 5.73 Å². The minimum Gasteiger partial charge on any atom is -0.321 e. The first-order valence-electron chi connectivity index (χ1n) is 7.78. The minimum absolute atomic E-state index is 0.0744. The van der Waals surface area contributed by atoms with Gasteiger partial charge in [-0.05, 0) is 48.8 Å². The van der Waals surface area contributed by atoms with Gasteiger partial charge in [-0.3, -0.25) is 0 Å². The van der Waals surface area contributed by atoms with Gasteiger partial charge in [-0.25, -0.2) is 0 Å². The van der Waals surface area contributed by atoms with Crippen molar-refractivity contribution in [3.63, 3.8) is 0 Å². The zero-order valence-electron chi connectivity index (χ0n) is 11.6. The standard InChI is InChI=1S/C17H24BrN/c18-16-12-14(17(19)10-4-1-5-11-17)8-9-15(16)13-6-2-3-7-13/h8-9,12-13H,1-7,10-11,19H2. The highest BCUT2D eigenvalue weighted by atomic mass is 79.9. The Balaban J connectivity index is 1.86. The molecule has 2 fully saturated rings. The molecular weight excluding hydrogens is 298 g/mol. The Labute approximate surface area is 125 Å². The molecule has 0 aromatic heterocycles. The Morgan fingerprint density at radius 2 is 1.68 bits per heavy atom. The monoisotopic (exact) mass is 321 g/mol. The number of nitrogens with two attached hydrogens (primary N) is 1. The quantitative estimate of drug-likeness (QED) is 0.793. The summed E-state index contributed by atoms with van der Waals surface area (Å²) >= 11 is 3.79. The summed E-state index contributed by atoms with van der Waals surface area (Å²) < 4.78 is 1.28. The lowest BCUT2D eigenvalue weighted by atomic mass is 9.77. The van der Waals surface area contributed by atoms with Gasteiger partial charge in [0.05, 0.1) is 0 Å². The van der Waals surface area contributed by atoms with Gasteiger partial charge in [-0.1, -0.05) is 60.2 Å². The van der Waals surface area contributed by atoms with E-state index in [4.69, 9.17) is 5.73 Å². The first kappa shape index (κ1) is 13.6. The van der Waals surface area contributed by atoms with Crippen LogP contribution in [-0.4, -0.2) is 0 Å². The SMILES string of the molecule is NC1(c2ccc(C3CCCC3)c(Br)c2)CCCCC1. The number of hydrogen-bond acceptors (Lipinski definition) is 1. The molecule has 0 amide bonds. The molecule has 1 nitrogen and oxygen atoms in total. The molecule has 2 aliphatic rings. The topological polar surface area (TPSA) is 26.0 Å². The van der Waals surface area contributed by atoms with Crippen LogP contribution in [-0.2, 0) is 5.54 Å². The highest BCUT2D eigenvalue weighted by Gasteiger charge is 2.30. The summed E-state index contributed by atoms with van der Waals surface area (Å²) in [5, 5.41) is 0. The van der Waals surface area contributed by atoms with Crippen LogP contribution in [0, 0.1) is 0 Å². The summed E-state index contributed by atoms with van der Waals surface area (Å²) in [6.45, 7) is 0. The fourth-order valence-corrected chi connectivity index (χ4v) is 4.58. The van der Waals surface area contributed by atoms with Crippen molar-refractivity contribution >= 4 is 15.9 Å². The Morgan fingerprint density at radius 1 is 1.00 bits per heavy atom. The van der Waals surface area contributed by atoms with Gasteiger partial charge in [0.15, 0.2) is 0 Å². The predicted octanol–water partition coefficient (Wildman–Crippen LogP) is 5.22. The van der Waals surface area contributed by atoms with Gasteiger partial charge in [0.1, 0.15) is 0 Å². The molecule has 0 heterocycles. The third kappa shape index (κ3) is 2.75. The van der Waals surface area contributed by atoms with Crippen molar-refractivity contribution < 1.29 is 0 Å². The van der Waals surface area contributed by atoms with Gasteiger partial charge in [0.2, 0.25) is 0 Å². The van der Waals surface area contributed by atoms with Crippen LogP contribution in [0.15, 0.2) is 22.7 Å². The van der Waals surface area contributed by atoms with Crippen LogP contribution in [0.25, 0.3) is 0 Å². The van der Waals surface area contributed by atoms with Crippen molar-refractivity contribution in [2.45, 2.75) is 69.2 Å². The largest absolute Gasteiger partial charge is 0.321 e. The lowest BCUT2D eigenvalue weighted by Gasteiger charge is -2.34. The summed E-state index contributed by atoms with van der Waals surface area (Å²) in [4.78, 5) is 0. The second-order valence-electron chi connectivity index (χ2n) is 6.43. The average Bonchev–Trinajstić information content (AvgIpc) is 2.93. The van der Waals surface area contributed by atoms with Gasteiger partial charge in [-0.2, -0.15) is 0 Å². The molecule has 19 heavy (non-hydrogen) atoms. The Hall–Kier alpha value is -0.340. The minimum atomic E-state index is -0.0744. The van der Waals surface area contributed by atoms with Crippen LogP contribution in [0.2, 0.25) is 0 Å². The Morgan fingerprint density at radius 3 is 2.32 bits per heavy atom. The molecule has 1 aromatic carbocycles. The van der Waals surface area contributed by atoms with Crippen LogP contribution >= 0.6 is 15.9 Å². The van der Waals surface area contributed by atoms with Crippen LogP contribution in [0.5, 0.6) is 0 Å². The molecule has 2 saturated carbocycles. The van der Waals surface area contributed by atoms with Crippen molar-refractivity contribution in [2.24, 2.45) is 5.73 Å². The molecule has 0 radical (unpaired) electrons. The molecule has 1 aromatic rings. The fourth-order valence-electron chi connectivity index (χ4n) is 3.88. The van der Waals surface area contributed by atoms with Gasteiger partial charge >= 0.3 is 0 Å². The van der Waals surface area contributed by atoms with Crippen LogP contribution < -0.4 is 5.73 Å². The molecule has 2 aliphatic carbocycles. The Kier molecular flexibility index (Phi) is 4.00. The van der Waals surface area contributed by atoms with Crippen molar-refractivity contribution in [2.75, 3.05) is 0 Å². The molecule has 0 aliphatic heterocycles. The van der Waals surface area contributed by atoms with E-state index < -0.39 is 0 Å². The second-order valence-corrected chi connectivity index (χ2v) is 7.29. The Bertz CT molecular complexity index is 443. The average molecular weight is 322 g/mol. The molecular formula is C17H24BrN. The van der Waals surface area contributed by atoms with Crippen molar-refractivity contribution in [1.82, 2.24) is 0 Å². The highest BCUT2D eigenvalue weighted by Crippen LogP contribution is 2.41. The fraction of sp³-hybridized carbons (Fsp3) is 0.647. The number of halogens is 1. The number of benzene rings is 1. The second kappa shape index (κ2) is 5.57. The van der Waals surface area contributed by atoms with Gasteiger partial charge in [0.25, 0.3) is 0 Å². The summed E-state index contributed by atoms with van der Waals surface area (Å²) in [5.41, 5.74) is 9.39. The van der Waals surface area contributed by atoms with E-state index in [1.807, 2.05) is 0 Å². The van der Waals surface area contributed by atoms with E-state index in [0.29, 0.717) is 0 Å². The zero-order valence-corrected chi connectivity index (χ0v) is 13.2. The maximum atomic E-state index is 6.63. The summed E-state index contributed by atoms with van der Waals surface area (Å²) in [6.07, 6.45) is 11.7. The lowest BCUT2D eigenvalue weighted by molar-refractivity contribution is 0.302. The zero-order chi connectivity index (χ0) is 13.3. The van der Waals surface area contributed by atoms with Crippen molar-refractivity contribution in [3.8, 4) is 0 Å². The molecule has 2 N–H and O–H groups in total. The molecule has 0 saturated heterocycles. The number of hydrogen-bond donors (Lipinski definition) is 1. The predicted molar refractivity (Wildman–Crippen MR) is 84.3 cm³/mol. The molecule has 0 atom stereocenters. The maximum Gasteiger partial charge on any atom is 0.0410 e. The molecule has 0 bridgehead atoms. The van der Waals surface area contributed by atoms with Crippen LogP contribution in [0.1, 0.15) is 74.8 Å². The van der Waals surface area contributed by atoms with Gasteiger partial charge in [0, 0.05) is 10.0 Å². The normalized spacial score (nSPS) is 23.7. The van der Waals surface area contributed by atoms with Crippen molar-refractivity contribution in [1.29, 1.82) is 0 Å². The van der Waals surface area contributed by atoms with E-state index in [9.17, 15) is 0 Å². The summed E-state index contributed by atoms with van der Waals surface area (Å²) in [6, 6.07) is 6.93. The molecule has 104 valence electrons. The number of rotatable bonds is 2. The lowest BCUT2D eigenvalue weighted by Crippen LogP contribution is -2.38. The molecule has 0 unspecified atom stereocenters. The van der Waals surface area contributed by atoms with Gasteiger partial charge in [-0.15, -0.1) is 0 Å². The third-order valence-corrected chi connectivity index (χ3v) is 5.80. The van der Waals surface area contributed by atoms with E-state index in [1.165, 1.54) is 60.5 Å². The maximum absolute atomic E-state index is 6.63. The van der Waals surface area contributed by atoms with Crippen molar-refractivity contribution in [3.05, 3.63) is 33.8 Å². The van der Waals surface area contributed by atoms with Crippen LogP contribution in [0.4, 0.5) is 0 Å². The van der Waals surface area contributed by atoms with E-state index in [-0.39, 0.29) is 5.54 Å². The highest BCUT2D eigenvalue weighted by molar-refractivity contribution is 9.10.